The Labute approximate surface area is 115 Å². The minimum absolute atomic E-state index is 0.330. The third kappa shape index (κ3) is 3.81. The molecule has 1 aliphatic rings. The van der Waals surface area contributed by atoms with E-state index in [2.05, 4.69) is 32.2 Å². The van der Waals surface area contributed by atoms with Crippen molar-refractivity contribution in [1.29, 1.82) is 0 Å². The molecule has 1 heterocycles. The maximum absolute atomic E-state index is 5.55. The average Bonchev–Trinajstić information content (AvgIpc) is 2.78. The molecule has 0 bridgehead atoms. The summed E-state index contributed by atoms with van der Waals surface area (Å²) in [5.41, 5.74) is 1.60. The van der Waals surface area contributed by atoms with E-state index in [4.69, 9.17) is 4.74 Å². The van der Waals surface area contributed by atoms with Crippen LogP contribution in [0, 0.1) is 0 Å². The first kappa shape index (κ1) is 14.0. The lowest BCUT2D eigenvalue weighted by Gasteiger charge is -2.13. The fourth-order valence-corrected chi connectivity index (χ4v) is 3.68. The van der Waals surface area contributed by atoms with Crippen molar-refractivity contribution in [2.24, 2.45) is 0 Å². The summed E-state index contributed by atoms with van der Waals surface area (Å²) in [6.07, 6.45) is 5.65. The molecule has 0 spiro atoms. The van der Waals surface area contributed by atoms with Gasteiger partial charge in [0.2, 0.25) is 0 Å². The number of thiophene rings is 1. The van der Waals surface area contributed by atoms with Crippen LogP contribution in [0.2, 0.25) is 0 Å². The number of rotatable bonds is 6. The summed E-state index contributed by atoms with van der Waals surface area (Å²) in [5.74, 6) is 0. The number of ether oxygens (including phenoxy) is 1. The fraction of sp³-hybridized carbons (Fsp3) is 0.733. The molecule has 1 unspecified atom stereocenters. The molecule has 0 saturated heterocycles. The Morgan fingerprint density at radius 1 is 1.28 bits per heavy atom. The number of hydrogen-bond acceptors (Lipinski definition) is 3. The van der Waals surface area contributed by atoms with E-state index < -0.39 is 0 Å². The number of nitrogens with one attached hydrogen (secondary N) is 1. The van der Waals surface area contributed by atoms with Crippen molar-refractivity contribution in [2.75, 3.05) is 13.2 Å². The van der Waals surface area contributed by atoms with Gasteiger partial charge in [-0.05, 0) is 58.1 Å². The topological polar surface area (TPSA) is 21.3 Å². The highest BCUT2D eigenvalue weighted by Crippen LogP contribution is 2.32. The molecule has 0 aliphatic heterocycles. The Morgan fingerprint density at radius 3 is 2.78 bits per heavy atom. The third-order valence-electron chi connectivity index (χ3n) is 3.45. The Morgan fingerprint density at radius 2 is 2.06 bits per heavy atom. The highest BCUT2D eigenvalue weighted by atomic mass is 32.1. The summed E-state index contributed by atoms with van der Waals surface area (Å²) in [6.45, 7) is 8.15. The number of fused-ring (bicyclic) bond motifs is 1. The summed E-state index contributed by atoms with van der Waals surface area (Å²) in [5, 5.41) is 3.55. The lowest BCUT2D eigenvalue weighted by molar-refractivity contribution is 0.0797. The van der Waals surface area contributed by atoms with E-state index in [0.717, 1.165) is 13.2 Å². The molecule has 1 aliphatic carbocycles. The van der Waals surface area contributed by atoms with E-state index in [1.165, 1.54) is 30.6 Å². The van der Waals surface area contributed by atoms with Crippen molar-refractivity contribution in [3.05, 3.63) is 21.4 Å². The third-order valence-corrected chi connectivity index (χ3v) is 4.87. The summed E-state index contributed by atoms with van der Waals surface area (Å²) >= 11 is 2.00. The van der Waals surface area contributed by atoms with E-state index in [9.17, 15) is 0 Å². The van der Waals surface area contributed by atoms with Gasteiger partial charge in [0.15, 0.2) is 0 Å². The van der Waals surface area contributed by atoms with Crippen LogP contribution < -0.4 is 5.32 Å². The van der Waals surface area contributed by atoms with Crippen LogP contribution in [0.25, 0.3) is 0 Å². The molecule has 2 nitrogen and oxygen atoms in total. The van der Waals surface area contributed by atoms with Crippen molar-refractivity contribution in [2.45, 2.75) is 58.6 Å². The Hall–Kier alpha value is -0.380. The maximum Gasteiger partial charge on any atom is 0.0594 e. The van der Waals surface area contributed by atoms with Crippen LogP contribution in [-0.4, -0.2) is 19.3 Å². The SMILES string of the molecule is CC(C)OCCNC(C)c1cc2c(s1)CCCC2. The van der Waals surface area contributed by atoms with Crippen LogP contribution in [0.4, 0.5) is 0 Å². The predicted octanol–water partition coefficient (Wildman–Crippen LogP) is 3.70. The quantitative estimate of drug-likeness (QED) is 0.794. The molecule has 1 aromatic heterocycles. The minimum Gasteiger partial charge on any atom is -0.377 e. The molecular formula is C15H25NOS. The van der Waals surface area contributed by atoms with Crippen molar-refractivity contribution in [3.63, 3.8) is 0 Å². The van der Waals surface area contributed by atoms with Gasteiger partial charge in [0.05, 0.1) is 12.7 Å². The van der Waals surface area contributed by atoms with E-state index >= 15 is 0 Å². The smallest absolute Gasteiger partial charge is 0.0594 e. The van der Waals surface area contributed by atoms with E-state index in [1.807, 2.05) is 11.3 Å². The molecule has 1 aromatic rings. The number of hydrogen-bond donors (Lipinski definition) is 1. The van der Waals surface area contributed by atoms with Gasteiger partial charge in [-0.25, -0.2) is 0 Å². The molecule has 0 radical (unpaired) electrons. The first-order chi connectivity index (χ1) is 8.66. The van der Waals surface area contributed by atoms with Crippen molar-refractivity contribution in [3.8, 4) is 0 Å². The van der Waals surface area contributed by atoms with Crippen LogP contribution in [0.15, 0.2) is 6.07 Å². The molecule has 18 heavy (non-hydrogen) atoms. The normalized spacial score (nSPS) is 16.9. The predicted molar refractivity (Wildman–Crippen MR) is 78.5 cm³/mol. The van der Waals surface area contributed by atoms with Crippen LogP contribution in [0.3, 0.4) is 0 Å². The first-order valence-electron chi connectivity index (χ1n) is 7.13. The van der Waals surface area contributed by atoms with Crippen LogP contribution in [0.5, 0.6) is 0 Å². The van der Waals surface area contributed by atoms with E-state index in [1.54, 1.807) is 10.4 Å². The molecule has 0 amide bonds. The molecule has 2 rings (SSSR count). The standard InChI is InChI=1S/C15H25NOS/c1-11(2)17-9-8-16-12(3)15-10-13-6-4-5-7-14(13)18-15/h10-12,16H,4-9H2,1-3H3. The summed E-state index contributed by atoms with van der Waals surface area (Å²) in [4.78, 5) is 3.12. The first-order valence-corrected chi connectivity index (χ1v) is 7.95. The molecule has 1 N–H and O–H groups in total. The molecule has 102 valence electrons. The molecule has 0 aromatic carbocycles. The molecule has 0 fully saturated rings. The van der Waals surface area contributed by atoms with Gasteiger partial charge in [-0.2, -0.15) is 0 Å². The summed E-state index contributed by atoms with van der Waals surface area (Å²) in [6, 6.07) is 2.87. The summed E-state index contributed by atoms with van der Waals surface area (Å²) in [7, 11) is 0. The van der Waals surface area contributed by atoms with Crippen molar-refractivity contribution in [1.82, 2.24) is 5.32 Å². The molecule has 3 heteroatoms. The Balaban J connectivity index is 1.81. The van der Waals surface area contributed by atoms with Gasteiger partial charge >= 0.3 is 0 Å². The minimum atomic E-state index is 0.330. The monoisotopic (exact) mass is 267 g/mol. The van der Waals surface area contributed by atoms with Gasteiger partial charge in [-0.3, -0.25) is 0 Å². The molecule has 1 atom stereocenters. The van der Waals surface area contributed by atoms with E-state index in [0.29, 0.717) is 12.1 Å². The van der Waals surface area contributed by atoms with Crippen LogP contribution in [0.1, 0.15) is 55.0 Å². The lowest BCUT2D eigenvalue weighted by Crippen LogP contribution is -2.23. The zero-order valence-corrected chi connectivity index (χ0v) is 12.6. The van der Waals surface area contributed by atoms with Crippen LogP contribution in [-0.2, 0) is 17.6 Å². The Kier molecular flexibility index (Phi) is 5.22. The maximum atomic E-state index is 5.55. The fourth-order valence-electron chi connectivity index (χ4n) is 2.40. The largest absolute Gasteiger partial charge is 0.377 e. The molecule has 0 saturated carbocycles. The zero-order valence-electron chi connectivity index (χ0n) is 11.8. The second-order valence-corrected chi connectivity index (χ2v) is 6.57. The highest BCUT2D eigenvalue weighted by Gasteiger charge is 2.16. The second-order valence-electron chi connectivity index (χ2n) is 5.40. The van der Waals surface area contributed by atoms with Gasteiger partial charge in [-0.1, -0.05) is 0 Å². The average molecular weight is 267 g/mol. The molecular weight excluding hydrogens is 242 g/mol. The van der Waals surface area contributed by atoms with Gasteiger partial charge in [0.1, 0.15) is 0 Å². The van der Waals surface area contributed by atoms with Gasteiger partial charge in [0, 0.05) is 22.3 Å². The van der Waals surface area contributed by atoms with Crippen molar-refractivity contribution >= 4 is 11.3 Å². The van der Waals surface area contributed by atoms with E-state index in [-0.39, 0.29) is 0 Å². The lowest BCUT2D eigenvalue weighted by atomic mass is 9.99. The van der Waals surface area contributed by atoms with Crippen molar-refractivity contribution < 1.29 is 4.74 Å². The highest BCUT2D eigenvalue weighted by molar-refractivity contribution is 7.12. The zero-order chi connectivity index (χ0) is 13.0. The Bertz CT molecular complexity index is 349. The van der Waals surface area contributed by atoms with Gasteiger partial charge in [-0.15, -0.1) is 11.3 Å². The number of aryl methyl sites for hydroxylation is 2. The van der Waals surface area contributed by atoms with Gasteiger partial charge < -0.3 is 10.1 Å². The second kappa shape index (κ2) is 6.69. The summed E-state index contributed by atoms with van der Waals surface area (Å²) < 4.78 is 5.55. The van der Waals surface area contributed by atoms with Gasteiger partial charge in [0.25, 0.3) is 0 Å². The van der Waals surface area contributed by atoms with Crippen LogP contribution >= 0.6 is 11.3 Å².